The lowest BCUT2D eigenvalue weighted by Gasteiger charge is -2.17. The molecule has 2 aromatic carbocycles. The topological polar surface area (TPSA) is 92.6 Å². The molecule has 8 heteroatoms. The third-order valence-corrected chi connectivity index (χ3v) is 4.52. The summed E-state index contributed by atoms with van der Waals surface area (Å²) in [6.45, 7) is 1.86. The second kappa shape index (κ2) is 7.13. The van der Waals surface area contributed by atoms with Gasteiger partial charge in [-0.1, -0.05) is 23.7 Å². The van der Waals surface area contributed by atoms with Gasteiger partial charge in [0.25, 0.3) is 5.69 Å². The van der Waals surface area contributed by atoms with E-state index in [1.165, 1.54) is 11.0 Å². The maximum atomic E-state index is 12.5. The molecule has 1 heterocycles. The molecule has 0 spiro atoms. The molecule has 0 radical (unpaired) electrons. The van der Waals surface area contributed by atoms with Gasteiger partial charge in [0.1, 0.15) is 0 Å². The van der Waals surface area contributed by atoms with Crippen molar-refractivity contribution < 1.29 is 14.5 Å². The van der Waals surface area contributed by atoms with Crippen LogP contribution in [0, 0.1) is 23.0 Å². The molecule has 1 atom stereocenters. The molecule has 0 bridgehead atoms. The molecular weight excluding hydrogens is 358 g/mol. The van der Waals surface area contributed by atoms with Crippen molar-refractivity contribution in [2.45, 2.75) is 13.3 Å². The first kappa shape index (κ1) is 17.9. The Hall–Kier alpha value is -2.93. The number of aryl methyl sites for hydroxylation is 1. The highest BCUT2D eigenvalue weighted by molar-refractivity contribution is 6.31. The fraction of sp³-hybridized carbons (Fsp3) is 0.222. The zero-order chi connectivity index (χ0) is 18.8. The molecule has 3 rings (SSSR count). The number of amides is 2. The summed E-state index contributed by atoms with van der Waals surface area (Å²) in [4.78, 5) is 36.8. The van der Waals surface area contributed by atoms with Gasteiger partial charge in [0.2, 0.25) is 11.8 Å². The quantitative estimate of drug-likeness (QED) is 0.655. The van der Waals surface area contributed by atoms with Crippen molar-refractivity contribution >= 4 is 40.5 Å². The van der Waals surface area contributed by atoms with Crippen molar-refractivity contribution in [3.8, 4) is 0 Å². The van der Waals surface area contributed by atoms with Crippen molar-refractivity contribution in [1.29, 1.82) is 0 Å². The third kappa shape index (κ3) is 3.67. The van der Waals surface area contributed by atoms with Crippen LogP contribution in [-0.4, -0.2) is 23.3 Å². The SMILES string of the molecule is Cc1ccc(NC(=O)[C@H]2CC(=O)N(c3cccc(Cl)c3)C2)cc1[N+](=O)[O-]. The van der Waals surface area contributed by atoms with Crippen molar-refractivity contribution in [1.82, 2.24) is 0 Å². The number of carbonyl (C=O) groups is 2. The van der Waals surface area contributed by atoms with Gasteiger partial charge in [0, 0.05) is 41.0 Å². The van der Waals surface area contributed by atoms with E-state index in [0.29, 0.717) is 22.0 Å². The number of nitro benzene ring substituents is 1. The third-order valence-electron chi connectivity index (χ3n) is 4.29. The zero-order valence-corrected chi connectivity index (χ0v) is 14.7. The van der Waals surface area contributed by atoms with Gasteiger partial charge in [-0.2, -0.15) is 0 Å². The number of anilines is 2. The van der Waals surface area contributed by atoms with Crippen LogP contribution in [0.4, 0.5) is 17.1 Å². The Morgan fingerprint density at radius 1 is 1.31 bits per heavy atom. The first-order chi connectivity index (χ1) is 12.3. The summed E-state index contributed by atoms with van der Waals surface area (Å²) >= 11 is 5.96. The van der Waals surface area contributed by atoms with Crippen LogP contribution in [0.1, 0.15) is 12.0 Å². The van der Waals surface area contributed by atoms with Crippen LogP contribution in [-0.2, 0) is 9.59 Å². The van der Waals surface area contributed by atoms with E-state index in [0.717, 1.165) is 0 Å². The Balaban J connectivity index is 1.72. The second-order valence-corrected chi connectivity index (χ2v) is 6.57. The number of hydrogen-bond donors (Lipinski definition) is 1. The summed E-state index contributed by atoms with van der Waals surface area (Å²) in [6, 6.07) is 11.4. The highest BCUT2D eigenvalue weighted by atomic mass is 35.5. The van der Waals surface area contributed by atoms with E-state index in [9.17, 15) is 19.7 Å². The van der Waals surface area contributed by atoms with Crippen molar-refractivity contribution in [3.63, 3.8) is 0 Å². The highest BCUT2D eigenvalue weighted by Gasteiger charge is 2.35. The van der Waals surface area contributed by atoms with Gasteiger partial charge >= 0.3 is 0 Å². The van der Waals surface area contributed by atoms with Crippen LogP contribution < -0.4 is 10.2 Å². The van der Waals surface area contributed by atoms with Crippen LogP contribution in [0.2, 0.25) is 5.02 Å². The number of carbonyl (C=O) groups excluding carboxylic acids is 2. The molecule has 2 aromatic rings. The Kier molecular flexibility index (Phi) is 4.90. The summed E-state index contributed by atoms with van der Waals surface area (Å²) in [7, 11) is 0. The largest absolute Gasteiger partial charge is 0.326 e. The van der Waals surface area contributed by atoms with Crippen molar-refractivity contribution in [2.24, 2.45) is 5.92 Å². The molecule has 0 unspecified atom stereocenters. The summed E-state index contributed by atoms with van der Waals surface area (Å²) in [6.07, 6.45) is 0.0757. The molecule has 2 amide bonds. The molecule has 26 heavy (non-hydrogen) atoms. The summed E-state index contributed by atoms with van der Waals surface area (Å²) < 4.78 is 0. The summed E-state index contributed by atoms with van der Waals surface area (Å²) in [5.74, 6) is -1.05. The number of halogens is 1. The van der Waals surface area contributed by atoms with E-state index in [1.807, 2.05) is 0 Å². The predicted octanol–water partition coefficient (Wildman–Crippen LogP) is 3.55. The molecule has 0 saturated carbocycles. The van der Waals surface area contributed by atoms with Crippen LogP contribution in [0.5, 0.6) is 0 Å². The maximum absolute atomic E-state index is 12.5. The minimum atomic E-state index is -0.540. The van der Waals surface area contributed by atoms with Crippen LogP contribution >= 0.6 is 11.6 Å². The zero-order valence-electron chi connectivity index (χ0n) is 13.9. The van der Waals surface area contributed by atoms with Gasteiger partial charge in [0.15, 0.2) is 0 Å². The first-order valence-corrected chi connectivity index (χ1v) is 8.35. The van der Waals surface area contributed by atoms with Gasteiger partial charge < -0.3 is 10.2 Å². The van der Waals surface area contributed by atoms with E-state index in [4.69, 9.17) is 11.6 Å². The number of hydrogen-bond acceptors (Lipinski definition) is 4. The Morgan fingerprint density at radius 3 is 2.77 bits per heavy atom. The van der Waals surface area contributed by atoms with Gasteiger partial charge in [-0.15, -0.1) is 0 Å². The number of rotatable bonds is 4. The van der Waals surface area contributed by atoms with Gasteiger partial charge in [-0.05, 0) is 31.2 Å². The molecule has 0 aromatic heterocycles. The van der Waals surface area contributed by atoms with Crippen molar-refractivity contribution in [3.05, 3.63) is 63.2 Å². The van der Waals surface area contributed by atoms with Gasteiger partial charge in [-0.3, -0.25) is 19.7 Å². The van der Waals surface area contributed by atoms with E-state index in [-0.39, 0.29) is 30.5 Å². The highest BCUT2D eigenvalue weighted by Crippen LogP contribution is 2.28. The minimum absolute atomic E-state index is 0.0640. The minimum Gasteiger partial charge on any atom is -0.326 e. The Labute approximate surface area is 154 Å². The molecule has 7 nitrogen and oxygen atoms in total. The number of nitro groups is 1. The molecule has 134 valence electrons. The molecule has 1 N–H and O–H groups in total. The fourth-order valence-corrected chi connectivity index (χ4v) is 3.09. The molecule has 0 aliphatic carbocycles. The van der Waals surface area contributed by atoms with E-state index in [1.54, 1.807) is 43.3 Å². The molecular formula is C18H16ClN3O4. The van der Waals surface area contributed by atoms with E-state index < -0.39 is 10.8 Å². The summed E-state index contributed by atoms with van der Waals surface area (Å²) in [5, 5.41) is 14.2. The predicted molar refractivity (Wildman–Crippen MR) is 98.4 cm³/mol. The smallest absolute Gasteiger partial charge is 0.274 e. The average Bonchev–Trinajstić information content (AvgIpc) is 2.98. The molecule has 1 fully saturated rings. The fourth-order valence-electron chi connectivity index (χ4n) is 2.90. The van der Waals surface area contributed by atoms with Crippen molar-refractivity contribution in [2.75, 3.05) is 16.8 Å². The lowest BCUT2D eigenvalue weighted by molar-refractivity contribution is -0.385. The number of nitrogens with zero attached hydrogens (tertiary/aromatic N) is 2. The van der Waals surface area contributed by atoms with Crippen LogP contribution in [0.3, 0.4) is 0 Å². The van der Waals surface area contributed by atoms with E-state index in [2.05, 4.69) is 5.32 Å². The Morgan fingerprint density at radius 2 is 2.08 bits per heavy atom. The monoisotopic (exact) mass is 373 g/mol. The molecule has 1 saturated heterocycles. The van der Waals surface area contributed by atoms with E-state index >= 15 is 0 Å². The Bertz CT molecular complexity index is 900. The normalized spacial score (nSPS) is 16.6. The molecule has 1 aliphatic rings. The lowest BCUT2D eigenvalue weighted by Crippen LogP contribution is -2.28. The first-order valence-electron chi connectivity index (χ1n) is 7.97. The van der Waals surface area contributed by atoms with Gasteiger partial charge in [-0.25, -0.2) is 0 Å². The number of benzene rings is 2. The average molecular weight is 374 g/mol. The summed E-state index contributed by atoms with van der Waals surface area (Å²) in [5.41, 5.74) is 1.42. The standard InChI is InChI=1S/C18H16ClN3O4/c1-11-5-6-14(9-16(11)22(25)26)20-18(24)12-7-17(23)21(10-12)15-4-2-3-13(19)8-15/h2-6,8-9,12H,7,10H2,1H3,(H,20,24)/t12-/m0/s1. The van der Waals surface area contributed by atoms with Crippen LogP contribution in [0.15, 0.2) is 42.5 Å². The number of nitrogens with one attached hydrogen (secondary N) is 1. The second-order valence-electron chi connectivity index (χ2n) is 6.13. The lowest BCUT2D eigenvalue weighted by atomic mass is 10.1. The van der Waals surface area contributed by atoms with Crippen LogP contribution in [0.25, 0.3) is 0 Å². The maximum Gasteiger partial charge on any atom is 0.274 e. The van der Waals surface area contributed by atoms with Gasteiger partial charge in [0.05, 0.1) is 10.8 Å². The molecule has 1 aliphatic heterocycles.